The van der Waals surface area contributed by atoms with Crippen LogP contribution in [0.4, 0.5) is 19.7 Å². The minimum atomic E-state index is -0.571. The number of nitrogens with zero attached hydrogens (tertiary/aromatic N) is 5. The van der Waals surface area contributed by atoms with E-state index < -0.39 is 17.5 Å². The summed E-state index contributed by atoms with van der Waals surface area (Å²) in [5.41, 5.74) is 5.90. The topological polar surface area (TPSA) is 127 Å². The van der Waals surface area contributed by atoms with Crippen molar-refractivity contribution >= 4 is 28.8 Å². The molecule has 3 amide bonds. The number of halogens is 1. The van der Waals surface area contributed by atoms with Gasteiger partial charge in [0.2, 0.25) is 0 Å². The van der Waals surface area contributed by atoms with E-state index in [0.717, 1.165) is 75.1 Å². The lowest BCUT2D eigenvalue weighted by Crippen LogP contribution is -2.49. The standard InChI is InChI=1S/C44H58FN7O4/c1-28(2)21-32-25-52(26-38(32)53)41(54)49-36-23-33(45)22-34(29(36)3)39-35-24-37(48-40(35)47-27-46-39)31-9-7-30(8-10-31)11-16-50-17-12-44(13-18-50)14-19-51(20-15-44)42(55)56-43(4,5)6/h7-10,22-24,27-28,32,38,53H,11-21,25-26H2,1-6H3,(H,49,54)(H,46,47,48)/t32-,38+/m1/s1. The molecule has 0 radical (unpaired) electrons. The first-order chi connectivity index (χ1) is 26.6. The number of benzene rings is 2. The number of hydrogen-bond acceptors (Lipinski definition) is 7. The summed E-state index contributed by atoms with van der Waals surface area (Å²) in [6.45, 7) is 17.3. The van der Waals surface area contributed by atoms with Crippen molar-refractivity contribution in [3.8, 4) is 22.5 Å². The van der Waals surface area contributed by atoms with Gasteiger partial charge in [0.15, 0.2) is 0 Å². The number of carbonyl (C=O) groups excluding carboxylic acids is 2. The quantitative estimate of drug-likeness (QED) is 0.165. The number of aromatic nitrogens is 3. The highest BCUT2D eigenvalue weighted by Gasteiger charge is 2.39. The van der Waals surface area contributed by atoms with Crippen molar-refractivity contribution in [3.05, 3.63) is 65.7 Å². The number of carbonyl (C=O) groups is 2. The molecule has 2 aromatic carbocycles. The lowest BCUT2D eigenvalue weighted by Gasteiger charge is -2.46. The Labute approximate surface area is 330 Å². The summed E-state index contributed by atoms with van der Waals surface area (Å²) in [6, 6.07) is 13.0. The second kappa shape index (κ2) is 16.1. The Kier molecular flexibility index (Phi) is 11.4. The second-order valence-corrected chi connectivity index (χ2v) is 17.8. The lowest BCUT2D eigenvalue weighted by atomic mass is 9.71. The summed E-state index contributed by atoms with van der Waals surface area (Å²) in [5.74, 6) is -0.0437. The molecule has 4 aromatic rings. The Balaban J connectivity index is 0.963. The Morgan fingerprint density at radius 1 is 1.00 bits per heavy atom. The van der Waals surface area contributed by atoms with Crippen molar-refractivity contribution < 1.29 is 23.8 Å². The average Bonchev–Trinajstić information content (AvgIpc) is 3.76. The number of nitrogens with one attached hydrogen (secondary N) is 2. The number of anilines is 1. The number of aromatic amines is 1. The van der Waals surface area contributed by atoms with Gasteiger partial charge in [-0.2, -0.15) is 0 Å². The van der Waals surface area contributed by atoms with Crippen LogP contribution in [0.15, 0.2) is 48.8 Å². The van der Waals surface area contributed by atoms with Crippen LogP contribution in [0.5, 0.6) is 0 Å². The minimum Gasteiger partial charge on any atom is -0.444 e. The molecule has 2 atom stereocenters. The third-order valence-corrected chi connectivity index (χ3v) is 12.1. The van der Waals surface area contributed by atoms with Crippen molar-refractivity contribution in [3.63, 3.8) is 0 Å². The van der Waals surface area contributed by atoms with Gasteiger partial charge < -0.3 is 34.8 Å². The van der Waals surface area contributed by atoms with E-state index in [0.29, 0.717) is 46.0 Å². The maximum absolute atomic E-state index is 15.2. The first-order valence-electron chi connectivity index (χ1n) is 20.3. The van der Waals surface area contributed by atoms with Gasteiger partial charge in [-0.15, -0.1) is 0 Å². The SMILES string of the molecule is Cc1c(NC(=O)N2C[C@@H](CC(C)C)[C@@H](O)C2)cc(F)cc1-c1ncnc2[nH]c(-c3ccc(CCN4CCC5(CC4)CCN(C(=O)OC(C)(C)C)CC5)cc3)cc12. The molecule has 56 heavy (non-hydrogen) atoms. The van der Waals surface area contributed by atoms with Crippen LogP contribution in [0, 0.1) is 30.0 Å². The first-order valence-corrected chi connectivity index (χ1v) is 20.3. The van der Waals surface area contributed by atoms with Crippen molar-refractivity contribution in [1.82, 2.24) is 29.7 Å². The van der Waals surface area contributed by atoms with E-state index >= 15 is 4.39 Å². The number of hydrogen-bond donors (Lipinski definition) is 3. The number of amides is 3. The maximum atomic E-state index is 15.2. The third kappa shape index (κ3) is 9.02. The molecular weight excluding hydrogens is 710 g/mol. The Bertz CT molecular complexity index is 2020. The smallest absolute Gasteiger partial charge is 0.410 e. The van der Waals surface area contributed by atoms with Gasteiger partial charge in [-0.05, 0) is 126 Å². The zero-order valence-corrected chi connectivity index (χ0v) is 33.8. The molecule has 3 fully saturated rings. The molecule has 3 aliphatic rings. The van der Waals surface area contributed by atoms with Crippen molar-refractivity contribution in [1.29, 1.82) is 0 Å². The number of H-pyrrole nitrogens is 1. The number of β-amino-alcohol motifs (C(OH)–C–C–N with tert-alkyl or cyclic N) is 1. The Morgan fingerprint density at radius 3 is 2.38 bits per heavy atom. The normalized spacial score (nSPS) is 20.3. The Hall–Kier alpha value is -4.55. The Morgan fingerprint density at radius 2 is 1.70 bits per heavy atom. The van der Waals surface area contributed by atoms with Crippen molar-refractivity contribution in [2.45, 2.75) is 91.8 Å². The molecule has 0 bridgehead atoms. The fourth-order valence-electron chi connectivity index (χ4n) is 8.80. The van der Waals surface area contributed by atoms with E-state index in [2.05, 4.69) is 63.3 Å². The molecule has 3 aliphatic heterocycles. The molecule has 300 valence electrons. The van der Waals surface area contributed by atoms with Gasteiger partial charge in [-0.1, -0.05) is 38.1 Å². The molecule has 0 saturated carbocycles. The molecule has 0 aliphatic carbocycles. The number of likely N-dealkylation sites (tertiary alicyclic amines) is 3. The molecular formula is C44H58FN7O4. The maximum Gasteiger partial charge on any atom is 0.410 e. The summed E-state index contributed by atoms with van der Waals surface area (Å²) in [6.07, 6.45) is 6.96. The van der Waals surface area contributed by atoms with Crippen molar-refractivity contribution in [2.24, 2.45) is 17.3 Å². The zero-order chi connectivity index (χ0) is 39.8. The van der Waals surface area contributed by atoms with Gasteiger partial charge in [0.05, 0.1) is 11.8 Å². The van der Waals surface area contributed by atoms with Crippen LogP contribution in [0.1, 0.15) is 77.8 Å². The highest BCUT2D eigenvalue weighted by molar-refractivity contribution is 5.97. The molecule has 3 saturated heterocycles. The number of urea groups is 1. The molecule has 2 aromatic heterocycles. The molecule has 3 N–H and O–H groups in total. The summed E-state index contributed by atoms with van der Waals surface area (Å²) >= 11 is 0. The van der Waals surface area contributed by atoms with Crippen LogP contribution < -0.4 is 5.32 Å². The summed E-state index contributed by atoms with van der Waals surface area (Å²) in [5, 5.41) is 14.2. The number of aliphatic hydroxyl groups is 1. The fraction of sp³-hybridized carbons (Fsp3) is 0.545. The van der Waals surface area contributed by atoms with E-state index in [4.69, 9.17) is 4.74 Å². The van der Waals surface area contributed by atoms with Gasteiger partial charge in [-0.3, -0.25) is 0 Å². The first kappa shape index (κ1) is 39.7. The molecule has 5 heterocycles. The summed E-state index contributed by atoms with van der Waals surface area (Å²) in [4.78, 5) is 44.4. The minimum absolute atomic E-state index is 0.0243. The number of fused-ring (bicyclic) bond motifs is 1. The molecule has 1 spiro atoms. The average molecular weight is 768 g/mol. The van der Waals surface area contributed by atoms with E-state index in [1.807, 2.05) is 38.7 Å². The van der Waals surface area contributed by atoms with Crippen LogP contribution in [-0.4, -0.2) is 104 Å². The largest absolute Gasteiger partial charge is 0.444 e. The van der Waals surface area contributed by atoms with E-state index in [1.165, 1.54) is 36.9 Å². The van der Waals surface area contributed by atoms with Gasteiger partial charge in [0.1, 0.15) is 23.4 Å². The van der Waals surface area contributed by atoms with E-state index in [-0.39, 0.29) is 24.6 Å². The highest BCUT2D eigenvalue weighted by Crippen LogP contribution is 2.42. The van der Waals surface area contributed by atoms with E-state index in [9.17, 15) is 14.7 Å². The van der Waals surface area contributed by atoms with Gasteiger partial charge in [0.25, 0.3) is 0 Å². The summed E-state index contributed by atoms with van der Waals surface area (Å²) < 4.78 is 20.8. The monoisotopic (exact) mass is 767 g/mol. The van der Waals surface area contributed by atoms with Crippen LogP contribution in [0.3, 0.4) is 0 Å². The zero-order valence-electron chi connectivity index (χ0n) is 33.8. The fourth-order valence-corrected chi connectivity index (χ4v) is 8.80. The van der Waals surface area contributed by atoms with Crippen LogP contribution >= 0.6 is 0 Å². The highest BCUT2D eigenvalue weighted by atomic mass is 19.1. The number of aliphatic hydroxyl groups excluding tert-OH is 1. The number of ether oxygens (including phenoxy) is 1. The third-order valence-electron chi connectivity index (χ3n) is 12.1. The molecule has 11 nitrogen and oxygen atoms in total. The molecule has 0 unspecified atom stereocenters. The number of rotatable bonds is 8. The number of piperidine rings is 2. The molecule has 7 rings (SSSR count). The lowest BCUT2D eigenvalue weighted by molar-refractivity contribution is -0.00227. The van der Waals surface area contributed by atoms with Crippen LogP contribution in [-0.2, 0) is 11.2 Å². The van der Waals surface area contributed by atoms with Crippen LogP contribution in [0.2, 0.25) is 0 Å². The van der Waals surface area contributed by atoms with Gasteiger partial charge in [-0.25, -0.2) is 23.9 Å². The van der Waals surface area contributed by atoms with Gasteiger partial charge in [0, 0.05) is 61.0 Å². The van der Waals surface area contributed by atoms with E-state index in [1.54, 1.807) is 4.90 Å². The second-order valence-electron chi connectivity index (χ2n) is 17.8. The van der Waals surface area contributed by atoms with Crippen molar-refractivity contribution in [2.75, 3.05) is 51.1 Å². The van der Waals surface area contributed by atoms with Gasteiger partial charge >= 0.3 is 12.1 Å². The predicted molar refractivity (Wildman–Crippen MR) is 218 cm³/mol. The predicted octanol–water partition coefficient (Wildman–Crippen LogP) is 8.27. The molecule has 12 heteroatoms. The van der Waals surface area contributed by atoms with Crippen LogP contribution in [0.25, 0.3) is 33.5 Å². The summed E-state index contributed by atoms with van der Waals surface area (Å²) in [7, 11) is 0.